The third-order valence-corrected chi connectivity index (χ3v) is 15.3. The van der Waals surface area contributed by atoms with E-state index in [1.54, 1.807) is 45.0 Å². The van der Waals surface area contributed by atoms with Crippen molar-refractivity contribution in [1.29, 1.82) is 0 Å². The van der Waals surface area contributed by atoms with Crippen LogP contribution in [0.3, 0.4) is 0 Å². The van der Waals surface area contributed by atoms with E-state index in [1.165, 1.54) is 25.3 Å². The van der Waals surface area contributed by atoms with Gasteiger partial charge in [-0.1, -0.05) is 51.1 Å². The number of halogens is 1. The van der Waals surface area contributed by atoms with Crippen LogP contribution >= 0.6 is 0 Å². The third-order valence-electron chi connectivity index (χ3n) is 15.3. The molecule has 18 N–H and O–H groups in total. The molecule has 9 atom stereocenters. The van der Waals surface area contributed by atoms with Gasteiger partial charge < -0.3 is 80.5 Å². The fourth-order valence-electron chi connectivity index (χ4n) is 10.7. The van der Waals surface area contributed by atoms with Crippen molar-refractivity contribution in [2.75, 3.05) is 26.2 Å². The number of carbonyl (C=O) groups is 13. The number of para-hydroxylation sites is 1. The number of nitrogens with zero attached hydrogens (tertiary/aromatic N) is 3. The second-order valence-corrected chi connectivity index (χ2v) is 23.0. The van der Waals surface area contributed by atoms with Crippen molar-refractivity contribution in [2.45, 2.75) is 172 Å². The van der Waals surface area contributed by atoms with Gasteiger partial charge >= 0.3 is 5.97 Å². The molecule has 12 amide bonds. The minimum atomic E-state index is -2.21. The first-order chi connectivity index (χ1) is 43.2. The Balaban J connectivity index is 1.68. The normalized spacial score (nSPS) is 20.6. The van der Waals surface area contributed by atoms with Gasteiger partial charge in [-0.25, -0.2) is 4.39 Å². The van der Waals surface area contributed by atoms with Gasteiger partial charge in [0.1, 0.15) is 66.7 Å². The number of benzene rings is 2. The minimum absolute atomic E-state index is 0.00376. The number of aliphatic carboxylic acids is 1. The van der Waals surface area contributed by atoms with Crippen molar-refractivity contribution >= 4 is 93.7 Å². The van der Waals surface area contributed by atoms with Crippen molar-refractivity contribution in [3.63, 3.8) is 0 Å². The molecule has 2 aliphatic heterocycles. The maximum absolute atomic E-state index is 15.3. The lowest BCUT2D eigenvalue weighted by molar-refractivity contribution is -0.157. The van der Waals surface area contributed by atoms with Crippen LogP contribution in [0.15, 0.2) is 59.7 Å². The standard InChI is InChI=1S/C60H85FN16O14/c1-5-38(68-33(4)78)51(83)73-44(27-34-17-19-36(61)20-18-34)55(87)74-45(28-35-30-67-39-13-7-6-12-37(35)39)56(88)75-46-29-49(80)77(31-50(81)82)59(91)47-16-11-25-76(47)58(90)42(14-8-9-23-62)71-54(86)43(26-32(2)3)72-52(84)40(15-10-24-66-60(64)65)69-53(85)41(70-57(46)89)21-22-48(63)79/h6-7,12-13,17-20,30,32,38,40-47,67H,5,8-11,14-16,21-29,31,62H2,1-4H3,(H2,63,79)(H,68,78)(H,69,85)(H,70,89)(H,71,86)(H,72,84)(H,73,83)(H,74,87)(H,75,88)(H,81,82)(H4,64,65,66)/t38-,40+,41-,42+,43-,44-,45-,46-,47-/m0/s1. The van der Waals surface area contributed by atoms with Gasteiger partial charge in [0.25, 0.3) is 5.91 Å². The van der Waals surface area contributed by atoms with Crippen molar-refractivity contribution in [3.8, 4) is 0 Å². The highest BCUT2D eigenvalue weighted by Crippen LogP contribution is 2.24. The first-order valence-corrected chi connectivity index (χ1v) is 30.3. The number of fused-ring (bicyclic) bond motifs is 2. The molecule has 2 aromatic carbocycles. The predicted molar refractivity (Wildman–Crippen MR) is 328 cm³/mol. The SMILES string of the molecule is CC[C@H](NC(C)=O)C(=O)N[C@@H](Cc1ccc(F)cc1)C(=O)N[C@@H](Cc1c[nH]c2ccccc12)C(=O)N[C@H]1CC(=O)N(CC(=O)O)C(=O)[C@@H]2CCCN2C(=O)[C@@H](CCCCN)NC(=O)[C@H](CC(C)C)NC(=O)[C@@H](CCCN=C(N)N)NC(=O)[C@H](CCC(N)=O)NC1=O. The Morgan fingerprint density at radius 2 is 1.33 bits per heavy atom. The van der Waals surface area contributed by atoms with E-state index >= 15 is 9.59 Å². The van der Waals surface area contributed by atoms with Gasteiger partial charge in [0.2, 0.25) is 65.0 Å². The van der Waals surface area contributed by atoms with Gasteiger partial charge in [-0.05, 0) is 106 Å². The second-order valence-electron chi connectivity index (χ2n) is 23.0. The molecular formula is C60H85FN16O14. The van der Waals surface area contributed by atoms with E-state index in [9.17, 15) is 62.2 Å². The summed E-state index contributed by atoms with van der Waals surface area (Å²) < 4.78 is 14.2. The summed E-state index contributed by atoms with van der Waals surface area (Å²) in [5, 5.41) is 31.4. The number of primary amides is 1. The van der Waals surface area contributed by atoms with Gasteiger partial charge in [0.15, 0.2) is 5.96 Å². The highest BCUT2D eigenvalue weighted by atomic mass is 19.1. The number of aromatic nitrogens is 1. The Labute approximate surface area is 524 Å². The van der Waals surface area contributed by atoms with Gasteiger partial charge in [-0.15, -0.1) is 0 Å². The van der Waals surface area contributed by atoms with Crippen LogP contribution < -0.4 is 65.5 Å². The molecule has 2 fully saturated rings. The monoisotopic (exact) mass is 1270 g/mol. The summed E-state index contributed by atoms with van der Waals surface area (Å²) >= 11 is 0. The summed E-state index contributed by atoms with van der Waals surface area (Å²) in [6.07, 6.45) is -0.940. The van der Waals surface area contributed by atoms with E-state index in [2.05, 4.69) is 52.5 Å². The quantitative estimate of drug-likeness (QED) is 0.0166. The van der Waals surface area contributed by atoms with E-state index in [-0.39, 0.29) is 89.3 Å². The number of hydrogen-bond acceptors (Lipinski definition) is 15. The van der Waals surface area contributed by atoms with Crippen LogP contribution in [-0.2, 0) is 75.2 Å². The van der Waals surface area contributed by atoms with E-state index in [1.807, 2.05) is 0 Å². The number of guanidine groups is 1. The summed E-state index contributed by atoms with van der Waals surface area (Å²) in [5.41, 5.74) is 23.8. The van der Waals surface area contributed by atoms with Crippen molar-refractivity contribution in [3.05, 3.63) is 71.7 Å². The Kier molecular flexibility index (Phi) is 27.8. The van der Waals surface area contributed by atoms with Crippen LogP contribution in [-0.4, -0.2) is 183 Å². The first-order valence-electron chi connectivity index (χ1n) is 30.3. The van der Waals surface area contributed by atoms with Crippen LogP contribution in [0.2, 0.25) is 0 Å². The van der Waals surface area contributed by atoms with Crippen molar-refractivity contribution in [2.24, 2.45) is 33.8 Å². The molecule has 0 aliphatic carbocycles. The number of aliphatic imine (C=N–C) groups is 1. The summed E-state index contributed by atoms with van der Waals surface area (Å²) in [5.74, 6) is -15.1. The number of rotatable bonds is 27. The largest absolute Gasteiger partial charge is 0.480 e. The molecule has 0 saturated carbocycles. The predicted octanol–water partition coefficient (Wildman–Crippen LogP) is -2.27. The van der Waals surface area contributed by atoms with Crippen LogP contribution in [0.5, 0.6) is 0 Å². The molecule has 31 heteroatoms. The Bertz CT molecular complexity index is 3150. The maximum Gasteiger partial charge on any atom is 0.323 e. The Morgan fingerprint density at radius 3 is 1.96 bits per heavy atom. The smallest absolute Gasteiger partial charge is 0.323 e. The lowest BCUT2D eigenvalue weighted by Gasteiger charge is -2.33. The number of amides is 12. The number of imide groups is 1. The zero-order chi connectivity index (χ0) is 67.1. The highest BCUT2D eigenvalue weighted by Gasteiger charge is 2.44. The molecule has 0 spiro atoms. The summed E-state index contributed by atoms with van der Waals surface area (Å²) in [4.78, 5) is 193. The average Bonchev–Trinajstić information content (AvgIpc) is 1.98. The number of nitrogens with one attached hydrogen (secondary N) is 9. The van der Waals surface area contributed by atoms with E-state index in [4.69, 9.17) is 22.9 Å². The number of H-pyrrole nitrogens is 1. The molecule has 30 nitrogen and oxygen atoms in total. The number of aromatic amines is 1. The molecule has 0 radical (unpaired) electrons. The van der Waals surface area contributed by atoms with Gasteiger partial charge in [0, 0.05) is 56.4 Å². The van der Waals surface area contributed by atoms with E-state index in [0.717, 1.165) is 17.0 Å². The van der Waals surface area contributed by atoms with Crippen LogP contribution in [0.25, 0.3) is 10.9 Å². The summed E-state index contributed by atoms with van der Waals surface area (Å²) in [6.45, 7) is 5.03. The van der Waals surface area contributed by atoms with Gasteiger partial charge in [-0.3, -0.25) is 72.2 Å². The topological polar surface area (TPSA) is 477 Å². The average molecular weight is 1270 g/mol. The Hall–Kier alpha value is -9.55. The van der Waals surface area contributed by atoms with Crippen LogP contribution in [0.4, 0.5) is 4.39 Å². The number of unbranched alkanes of at least 4 members (excludes halogenated alkanes) is 1. The molecule has 3 aromatic rings. The summed E-state index contributed by atoms with van der Waals surface area (Å²) in [6, 6.07) is -2.48. The van der Waals surface area contributed by atoms with Gasteiger partial charge in [-0.2, -0.15) is 0 Å². The lowest BCUT2D eigenvalue weighted by atomic mass is 10.00. The molecule has 0 bridgehead atoms. The number of carboxylic acids is 1. The van der Waals surface area contributed by atoms with Gasteiger partial charge in [0.05, 0.1) is 6.42 Å². The zero-order valence-corrected chi connectivity index (χ0v) is 51.5. The molecule has 5 rings (SSSR count). The van der Waals surface area contributed by atoms with E-state index in [0.29, 0.717) is 39.8 Å². The molecular weight excluding hydrogens is 1190 g/mol. The van der Waals surface area contributed by atoms with Crippen LogP contribution in [0, 0.1) is 11.7 Å². The summed E-state index contributed by atoms with van der Waals surface area (Å²) in [7, 11) is 0. The number of carboxylic acid groups (broad SMARTS) is 1. The maximum atomic E-state index is 15.3. The molecule has 1 aromatic heterocycles. The molecule has 2 saturated heterocycles. The molecule has 0 unspecified atom stereocenters. The fraction of sp³-hybridized carbons (Fsp3) is 0.533. The minimum Gasteiger partial charge on any atom is -0.480 e. The van der Waals surface area contributed by atoms with Crippen molar-refractivity contribution in [1.82, 2.24) is 57.3 Å². The molecule has 496 valence electrons. The Morgan fingerprint density at radius 1 is 0.725 bits per heavy atom. The van der Waals surface area contributed by atoms with Crippen LogP contribution in [0.1, 0.15) is 116 Å². The lowest BCUT2D eigenvalue weighted by Crippen LogP contribution is -2.62. The zero-order valence-electron chi connectivity index (χ0n) is 51.5. The fourth-order valence-corrected chi connectivity index (χ4v) is 10.7. The number of nitrogens with two attached hydrogens (primary N) is 4. The highest BCUT2D eigenvalue weighted by molar-refractivity contribution is 6.05. The second kappa shape index (κ2) is 35.0. The number of hydrogen-bond donors (Lipinski definition) is 14. The van der Waals surface area contributed by atoms with Crippen molar-refractivity contribution < 1.29 is 71.8 Å². The molecule has 3 heterocycles. The first kappa shape index (κ1) is 72.2. The third kappa shape index (κ3) is 22.2. The molecule has 91 heavy (non-hydrogen) atoms. The van der Waals surface area contributed by atoms with E-state index < -0.39 is 163 Å². The molecule has 2 aliphatic rings. The number of carbonyl (C=O) groups excluding carboxylic acids is 12.